The molecule has 0 amide bonds. The monoisotopic (exact) mass is 485 g/mol. The Morgan fingerprint density at radius 2 is 1.70 bits per heavy atom. The Hall–Kier alpha value is -0.860. The molecule has 0 radical (unpaired) electrons. The van der Waals surface area contributed by atoms with Crippen molar-refractivity contribution in [2.75, 3.05) is 46.8 Å². The van der Waals surface area contributed by atoms with Crippen molar-refractivity contribution in [3.8, 4) is 0 Å². The number of piperidine rings is 2. The molecular formula is C21H36IN5. The summed E-state index contributed by atoms with van der Waals surface area (Å²) in [7, 11) is 4.10. The van der Waals surface area contributed by atoms with Crippen LogP contribution < -0.4 is 10.6 Å². The van der Waals surface area contributed by atoms with Crippen molar-refractivity contribution in [3.63, 3.8) is 0 Å². The van der Waals surface area contributed by atoms with E-state index >= 15 is 0 Å². The van der Waals surface area contributed by atoms with Gasteiger partial charge in [-0.25, -0.2) is 0 Å². The SMILES string of the molecule is CN=C(NCC1CCN(C)CC1)NC1CCN(Cc2ccccc2)CC1.I. The first-order valence-corrected chi connectivity index (χ1v) is 10.1. The molecule has 0 saturated carbocycles. The fraction of sp³-hybridized carbons (Fsp3) is 0.667. The number of halogens is 1. The summed E-state index contributed by atoms with van der Waals surface area (Å²) in [4.78, 5) is 9.42. The topological polar surface area (TPSA) is 42.9 Å². The fourth-order valence-corrected chi connectivity index (χ4v) is 3.97. The molecule has 3 rings (SSSR count). The van der Waals surface area contributed by atoms with Gasteiger partial charge in [0.05, 0.1) is 0 Å². The Labute approximate surface area is 182 Å². The van der Waals surface area contributed by atoms with Crippen molar-refractivity contribution >= 4 is 29.9 Å². The molecule has 2 N–H and O–H groups in total. The van der Waals surface area contributed by atoms with E-state index in [0.717, 1.165) is 38.1 Å². The summed E-state index contributed by atoms with van der Waals surface area (Å²) in [5.74, 6) is 1.75. The average Bonchev–Trinajstić information content (AvgIpc) is 2.68. The zero-order valence-corrected chi connectivity index (χ0v) is 19.2. The Kier molecular flexibility index (Phi) is 9.86. The lowest BCUT2D eigenvalue weighted by Crippen LogP contribution is -2.49. The quantitative estimate of drug-likeness (QED) is 0.383. The highest BCUT2D eigenvalue weighted by Crippen LogP contribution is 2.15. The number of guanidine groups is 1. The summed E-state index contributed by atoms with van der Waals surface area (Å²) in [6, 6.07) is 11.3. The average molecular weight is 485 g/mol. The second-order valence-corrected chi connectivity index (χ2v) is 7.88. The maximum Gasteiger partial charge on any atom is 0.191 e. The molecule has 6 heteroatoms. The van der Waals surface area contributed by atoms with E-state index in [-0.39, 0.29) is 24.0 Å². The molecule has 0 bridgehead atoms. The summed E-state index contributed by atoms with van der Waals surface area (Å²) < 4.78 is 0. The van der Waals surface area contributed by atoms with E-state index in [1.54, 1.807) is 0 Å². The number of likely N-dealkylation sites (tertiary alicyclic amines) is 2. The van der Waals surface area contributed by atoms with Gasteiger partial charge in [0.1, 0.15) is 0 Å². The minimum Gasteiger partial charge on any atom is -0.356 e. The molecule has 1 aromatic carbocycles. The van der Waals surface area contributed by atoms with Gasteiger partial charge in [0.15, 0.2) is 5.96 Å². The first kappa shape index (κ1) is 22.4. The third-order valence-corrected chi connectivity index (χ3v) is 5.80. The predicted molar refractivity (Wildman–Crippen MR) is 125 cm³/mol. The van der Waals surface area contributed by atoms with Crippen molar-refractivity contribution in [2.24, 2.45) is 10.9 Å². The molecule has 2 aliphatic heterocycles. The maximum absolute atomic E-state index is 4.44. The van der Waals surface area contributed by atoms with Crippen LogP contribution in [0.1, 0.15) is 31.2 Å². The highest BCUT2D eigenvalue weighted by atomic mass is 127. The van der Waals surface area contributed by atoms with Crippen LogP contribution in [0.25, 0.3) is 0 Å². The lowest BCUT2D eigenvalue weighted by molar-refractivity contribution is 0.198. The Morgan fingerprint density at radius 1 is 1.04 bits per heavy atom. The van der Waals surface area contributed by atoms with Crippen molar-refractivity contribution in [1.29, 1.82) is 0 Å². The van der Waals surface area contributed by atoms with Crippen molar-refractivity contribution in [2.45, 2.75) is 38.3 Å². The highest BCUT2D eigenvalue weighted by molar-refractivity contribution is 14.0. The molecule has 2 heterocycles. The fourth-order valence-electron chi connectivity index (χ4n) is 3.97. The zero-order valence-electron chi connectivity index (χ0n) is 16.9. The summed E-state index contributed by atoms with van der Waals surface area (Å²) in [6.45, 7) is 6.85. The number of hydrogen-bond acceptors (Lipinski definition) is 3. The molecule has 1 aromatic rings. The van der Waals surface area contributed by atoms with Gasteiger partial charge in [-0.2, -0.15) is 0 Å². The molecule has 0 atom stereocenters. The molecular weight excluding hydrogens is 449 g/mol. The molecule has 27 heavy (non-hydrogen) atoms. The third-order valence-electron chi connectivity index (χ3n) is 5.80. The number of hydrogen-bond donors (Lipinski definition) is 2. The summed E-state index contributed by atoms with van der Waals surface area (Å²) >= 11 is 0. The lowest BCUT2D eigenvalue weighted by atomic mass is 9.97. The van der Waals surface area contributed by atoms with E-state index in [1.165, 1.54) is 44.3 Å². The molecule has 152 valence electrons. The van der Waals surface area contributed by atoms with Gasteiger partial charge >= 0.3 is 0 Å². The van der Waals surface area contributed by atoms with Crippen LogP contribution in [0, 0.1) is 5.92 Å². The number of nitrogens with zero attached hydrogens (tertiary/aromatic N) is 3. The Balaban J connectivity index is 0.00000261. The van der Waals surface area contributed by atoms with Crippen LogP contribution in [0.15, 0.2) is 35.3 Å². The van der Waals surface area contributed by atoms with Gasteiger partial charge in [-0.05, 0) is 57.3 Å². The van der Waals surface area contributed by atoms with E-state index in [2.05, 4.69) is 62.8 Å². The van der Waals surface area contributed by atoms with Crippen molar-refractivity contribution in [3.05, 3.63) is 35.9 Å². The smallest absolute Gasteiger partial charge is 0.191 e. The van der Waals surface area contributed by atoms with E-state index < -0.39 is 0 Å². The van der Waals surface area contributed by atoms with Gasteiger partial charge < -0.3 is 15.5 Å². The Morgan fingerprint density at radius 3 is 2.33 bits per heavy atom. The minimum atomic E-state index is 0. The molecule has 2 fully saturated rings. The molecule has 5 nitrogen and oxygen atoms in total. The Bertz CT molecular complexity index is 549. The van der Waals surface area contributed by atoms with Crippen molar-refractivity contribution < 1.29 is 0 Å². The molecule has 0 spiro atoms. The first-order chi connectivity index (χ1) is 12.7. The summed E-state index contributed by atoms with van der Waals surface area (Å²) in [5, 5.41) is 7.20. The van der Waals surface area contributed by atoms with Crippen LogP contribution in [0.3, 0.4) is 0 Å². The highest BCUT2D eigenvalue weighted by Gasteiger charge is 2.21. The summed E-state index contributed by atoms with van der Waals surface area (Å²) in [5.41, 5.74) is 1.41. The number of benzene rings is 1. The van der Waals surface area contributed by atoms with E-state index in [9.17, 15) is 0 Å². The van der Waals surface area contributed by atoms with Crippen LogP contribution in [-0.4, -0.2) is 68.6 Å². The normalized spacial score (nSPS) is 20.9. The van der Waals surface area contributed by atoms with E-state index in [1.807, 2.05) is 7.05 Å². The lowest BCUT2D eigenvalue weighted by Gasteiger charge is -2.33. The van der Waals surface area contributed by atoms with Crippen LogP contribution in [0.2, 0.25) is 0 Å². The van der Waals surface area contributed by atoms with Crippen molar-refractivity contribution in [1.82, 2.24) is 20.4 Å². The molecule has 0 aliphatic carbocycles. The second-order valence-electron chi connectivity index (χ2n) is 7.88. The number of rotatable bonds is 5. The van der Waals surface area contributed by atoms with Crippen LogP contribution in [0.5, 0.6) is 0 Å². The number of aliphatic imine (C=N–C) groups is 1. The third kappa shape index (κ3) is 7.58. The van der Waals surface area contributed by atoms with Crippen LogP contribution >= 0.6 is 24.0 Å². The van der Waals surface area contributed by atoms with Crippen LogP contribution in [0.4, 0.5) is 0 Å². The number of nitrogens with one attached hydrogen (secondary N) is 2. The van der Waals surface area contributed by atoms with Gasteiger partial charge in [0.25, 0.3) is 0 Å². The second kappa shape index (κ2) is 11.9. The standard InChI is InChI=1S/C21H35N5.HI/c1-22-21(23-16-18-8-12-25(2)13-9-18)24-20-10-14-26(15-11-20)17-19-6-4-3-5-7-19;/h3-7,18,20H,8-17H2,1-2H3,(H2,22,23,24);1H. The van der Waals surface area contributed by atoms with Gasteiger partial charge in [-0.1, -0.05) is 30.3 Å². The van der Waals surface area contributed by atoms with Gasteiger partial charge in [-0.3, -0.25) is 9.89 Å². The van der Waals surface area contributed by atoms with Gasteiger partial charge in [-0.15, -0.1) is 24.0 Å². The predicted octanol–water partition coefficient (Wildman–Crippen LogP) is 2.78. The molecule has 2 saturated heterocycles. The maximum atomic E-state index is 4.44. The van der Waals surface area contributed by atoms with E-state index in [4.69, 9.17) is 0 Å². The zero-order chi connectivity index (χ0) is 18.2. The first-order valence-electron chi connectivity index (χ1n) is 10.1. The molecule has 0 unspecified atom stereocenters. The largest absolute Gasteiger partial charge is 0.356 e. The van der Waals surface area contributed by atoms with Gasteiger partial charge in [0.2, 0.25) is 0 Å². The summed E-state index contributed by atoms with van der Waals surface area (Å²) in [6.07, 6.45) is 4.94. The molecule has 0 aromatic heterocycles. The van der Waals surface area contributed by atoms with Crippen LogP contribution in [-0.2, 0) is 6.54 Å². The van der Waals surface area contributed by atoms with E-state index in [0.29, 0.717) is 6.04 Å². The minimum absolute atomic E-state index is 0. The molecule has 2 aliphatic rings. The van der Waals surface area contributed by atoms with Gasteiger partial charge in [0, 0.05) is 39.3 Å².